The van der Waals surface area contributed by atoms with Crippen LogP contribution in [0.3, 0.4) is 0 Å². The summed E-state index contributed by atoms with van der Waals surface area (Å²) < 4.78 is 0. The van der Waals surface area contributed by atoms with E-state index in [1.165, 1.54) is 16.8 Å². The number of piperazine rings is 1. The Morgan fingerprint density at radius 3 is 2.41 bits per heavy atom. The molecule has 2 N–H and O–H groups in total. The van der Waals surface area contributed by atoms with Crippen molar-refractivity contribution in [3.8, 4) is 0 Å². The monoisotopic (exact) mass is 389 g/mol. The maximum Gasteiger partial charge on any atom is 0.249 e. The average molecular weight is 390 g/mol. The number of likely N-dealkylation sites (N-methyl/N-ethyl adjacent to an activating group) is 1. The second kappa shape index (κ2) is 8.45. The zero-order valence-electron chi connectivity index (χ0n) is 17.2. The molecule has 1 aliphatic rings. The van der Waals surface area contributed by atoms with Crippen molar-refractivity contribution in [2.24, 2.45) is 0 Å². The fourth-order valence-electron chi connectivity index (χ4n) is 3.39. The molecule has 1 aromatic heterocycles. The summed E-state index contributed by atoms with van der Waals surface area (Å²) in [4.78, 5) is 9.31. The number of nitrogens with one attached hydrogen (secondary N) is 2. The molecule has 1 fully saturated rings. The van der Waals surface area contributed by atoms with Crippen molar-refractivity contribution < 1.29 is 0 Å². The molecule has 1 saturated heterocycles. The van der Waals surface area contributed by atoms with Gasteiger partial charge in [0.15, 0.2) is 5.82 Å². The van der Waals surface area contributed by atoms with Crippen molar-refractivity contribution in [3.05, 3.63) is 59.8 Å². The molecule has 2 aromatic carbocycles. The van der Waals surface area contributed by atoms with Gasteiger partial charge in [-0.2, -0.15) is 10.1 Å². The molecule has 3 aromatic rings. The molecule has 0 aliphatic carbocycles. The third-order valence-electron chi connectivity index (χ3n) is 5.42. The Bertz CT molecular complexity index is 963. The maximum atomic E-state index is 4.54. The van der Waals surface area contributed by atoms with Crippen molar-refractivity contribution in [2.45, 2.75) is 13.8 Å². The Kier molecular flexibility index (Phi) is 5.57. The quantitative estimate of drug-likeness (QED) is 0.689. The molecule has 0 unspecified atom stereocenters. The van der Waals surface area contributed by atoms with Crippen molar-refractivity contribution >= 4 is 28.8 Å². The molecule has 0 bridgehead atoms. The largest absolute Gasteiger partial charge is 0.369 e. The Morgan fingerprint density at radius 1 is 0.897 bits per heavy atom. The first-order valence-corrected chi connectivity index (χ1v) is 9.92. The molecule has 0 radical (unpaired) electrons. The van der Waals surface area contributed by atoms with Gasteiger partial charge in [0.05, 0.1) is 6.20 Å². The van der Waals surface area contributed by atoms with E-state index in [1.807, 2.05) is 12.1 Å². The van der Waals surface area contributed by atoms with Crippen LogP contribution in [0.1, 0.15) is 11.1 Å². The summed E-state index contributed by atoms with van der Waals surface area (Å²) in [5.41, 5.74) is 5.63. The average Bonchev–Trinajstić information content (AvgIpc) is 2.73. The molecule has 0 amide bonds. The van der Waals surface area contributed by atoms with Gasteiger partial charge in [-0.25, -0.2) is 0 Å². The molecule has 29 heavy (non-hydrogen) atoms. The van der Waals surface area contributed by atoms with Crippen LogP contribution in [0.25, 0.3) is 0 Å². The standard InChI is InChI=1S/C22H27N7/c1-16-5-4-6-20(17(16)2)25-21-15-23-27-22(26-21)24-18-7-9-19(10-8-18)29-13-11-28(3)12-14-29/h4-10,15H,11-14H2,1-3H3,(H2,24,25,26,27). The number of aromatic nitrogens is 3. The minimum Gasteiger partial charge on any atom is -0.369 e. The van der Waals surface area contributed by atoms with Gasteiger partial charge in [-0.05, 0) is 62.4 Å². The van der Waals surface area contributed by atoms with Gasteiger partial charge in [0, 0.05) is 43.2 Å². The Morgan fingerprint density at radius 2 is 1.66 bits per heavy atom. The molecule has 2 heterocycles. The first-order valence-electron chi connectivity index (χ1n) is 9.92. The van der Waals surface area contributed by atoms with Crippen LogP contribution in [-0.2, 0) is 0 Å². The highest BCUT2D eigenvalue weighted by Crippen LogP contribution is 2.23. The number of benzene rings is 2. The van der Waals surface area contributed by atoms with Crippen molar-refractivity contribution in [1.29, 1.82) is 0 Å². The summed E-state index contributed by atoms with van der Waals surface area (Å²) in [6.45, 7) is 8.50. The van der Waals surface area contributed by atoms with Gasteiger partial charge in [-0.1, -0.05) is 12.1 Å². The van der Waals surface area contributed by atoms with E-state index in [1.54, 1.807) is 6.20 Å². The van der Waals surface area contributed by atoms with Gasteiger partial charge in [-0.15, -0.1) is 5.10 Å². The first-order chi connectivity index (χ1) is 14.1. The highest BCUT2D eigenvalue weighted by molar-refractivity contribution is 5.63. The molecular formula is C22H27N7. The minimum atomic E-state index is 0.465. The number of anilines is 5. The van der Waals surface area contributed by atoms with Gasteiger partial charge in [0.25, 0.3) is 0 Å². The lowest BCUT2D eigenvalue weighted by Crippen LogP contribution is -2.44. The van der Waals surface area contributed by atoms with Crippen LogP contribution in [0.2, 0.25) is 0 Å². The van der Waals surface area contributed by atoms with Gasteiger partial charge in [-0.3, -0.25) is 0 Å². The number of nitrogens with zero attached hydrogens (tertiary/aromatic N) is 5. The third kappa shape index (κ3) is 4.63. The van der Waals surface area contributed by atoms with Gasteiger partial charge < -0.3 is 20.4 Å². The van der Waals surface area contributed by atoms with E-state index >= 15 is 0 Å². The highest BCUT2D eigenvalue weighted by Gasteiger charge is 2.14. The van der Waals surface area contributed by atoms with Crippen molar-refractivity contribution in [2.75, 3.05) is 48.8 Å². The number of hydrogen-bond acceptors (Lipinski definition) is 7. The summed E-state index contributed by atoms with van der Waals surface area (Å²) in [6.07, 6.45) is 1.63. The molecule has 7 nitrogen and oxygen atoms in total. The predicted molar refractivity (Wildman–Crippen MR) is 118 cm³/mol. The van der Waals surface area contributed by atoms with Gasteiger partial charge in [0.1, 0.15) is 0 Å². The van der Waals surface area contributed by atoms with Crippen LogP contribution < -0.4 is 15.5 Å². The number of hydrogen-bond donors (Lipinski definition) is 2. The van der Waals surface area contributed by atoms with Gasteiger partial charge >= 0.3 is 0 Å². The van der Waals surface area contributed by atoms with Crippen LogP contribution >= 0.6 is 0 Å². The Balaban J connectivity index is 1.43. The molecule has 0 spiro atoms. The van der Waals surface area contributed by atoms with E-state index in [9.17, 15) is 0 Å². The SMILES string of the molecule is Cc1cccc(Nc2cnnc(Nc3ccc(N4CCN(C)CC4)cc3)n2)c1C. The Labute approximate surface area is 171 Å². The molecular weight excluding hydrogens is 362 g/mol. The van der Waals surface area contributed by atoms with Crippen molar-refractivity contribution in [3.63, 3.8) is 0 Å². The van der Waals surface area contributed by atoms with E-state index < -0.39 is 0 Å². The molecule has 7 heteroatoms. The smallest absolute Gasteiger partial charge is 0.249 e. The summed E-state index contributed by atoms with van der Waals surface area (Å²) >= 11 is 0. The number of aryl methyl sites for hydroxylation is 1. The lowest BCUT2D eigenvalue weighted by Gasteiger charge is -2.34. The Hall–Kier alpha value is -3.19. The fraction of sp³-hybridized carbons (Fsp3) is 0.318. The molecule has 4 rings (SSSR count). The highest BCUT2D eigenvalue weighted by atomic mass is 15.3. The van der Waals surface area contributed by atoms with Crippen LogP contribution in [0, 0.1) is 13.8 Å². The normalized spacial score (nSPS) is 14.7. The summed E-state index contributed by atoms with van der Waals surface area (Å²) in [6, 6.07) is 14.6. The minimum absolute atomic E-state index is 0.465. The number of rotatable bonds is 5. The van der Waals surface area contributed by atoms with Gasteiger partial charge in [0.2, 0.25) is 5.95 Å². The summed E-state index contributed by atoms with van der Waals surface area (Å²) in [5, 5.41) is 14.8. The van der Waals surface area contributed by atoms with Crippen LogP contribution in [0.15, 0.2) is 48.7 Å². The van der Waals surface area contributed by atoms with Crippen molar-refractivity contribution in [1.82, 2.24) is 20.1 Å². The van der Waals surface area contributed by atoms with E-state index in [0.29, 0.717) is 11.8 Å². The maximum absolute atomic E-state index is 4.54. The van der Waals surface area contributed by atoms with E-state index in [0.717, 1.165) is 37.6 Å². The molecule has 150 valence electrons. The lowest BCUT2D eigenvalue weighted by atomic mass is 10.1. The van der Waals surface area contributed by atoms with Crippen LogP contribution in [0.4, 0.5) is 28.8 Å². The third-order valence-corrected chi connectivity index (χ3v) is 5.42. The predicted octanol–water partition coefficient (Wildman–Crippen LogP) is 3.73. The van der Waals surface area contributed by atoms with E-state index in [4.69, 9.17) is 0 Å². The summed E-state index contributed by atoms with van der Waals surface area (Å²) in [5.74, 6) is 1.12. The second-order valence-corrected chi connectivity index (χ2v) is 7.50. The van der Waals surface area contributed by atoms with Crippen LogP contribution in [0.5, 0.6) is 0 Å². The van der Waals surface area contributed by atoms with E-state index in [2.05, 4.69) is 86.8 Å². The second-order valence-electron chi connectivity index (χ2n) is 7.50. The summed E-state index contributed by atoms with van der Waals surface area (Å²) in [7, 11) is 2.17. The fourth-order valence-corrected chi connectivity index (χ4v) is 3.39. The molecule has 0 saturated carbocycles. The topological polar surface area (TPSA) is 69.2 Å². The zero-order valence-corrected chi connectivity index (χ0v) is 17.2. The van der Waals surface area contributed by atoms with Crippen LogP contribution in [-0.4, -0.2) is 53.3 Å². The zero-order chi connectivity index (χ0) is 20.2. The first kappa shape index (κ1) is 19.1. The van der Waals surface area contributed by atoms with E-state index in [-0.39, 0.29) is 0 Å². The molecule has 1 aliphatic heterocycles. The lowest BCUT2D eigenvalue weighted by molar-refractivity contribution is 0.313. The molecule has 0 atom stereocenters.